The Bertz CT molecular complexity index is 1090. The Morgan fingerprint density at radius 1 is 1.07 bits per heavy atom. The van der Waals surface area contributed by atoms with Gasteiger partial charge in [0.25, 0.3) is 0 Å². The number of rotatable bonds is 6. The van der Waals surface area contributed by atoms with E-state index in [0.717, 1.165) is 44.3 Å². The molecule has 5 heteroatoms. The summed E-state index contributed by atoms with van der Waals surface area (Å²) in [4.78, 5) is 4.65. The fourth-order valence-corrected chi connectivity index (χ4v) is 3.98. The van der Waals surface area contributed by atoms with E-state index in [1.165, 1.54) is 0 Å². The summed E-state index contributed by atoms with van der Waals surface area (Å²) in [6, 6.07) is 20.1. The maximum Gasteiger partial charge on any atom is 0.134 e. The minimum Gasteiger partial charge on any atom is -0.490 e. The lowest BCUT2D eigenvalue weighted by Gasteiger charge is -2.16. The molecule has 0 fully saturated rings. The maximum atomic E-state index is 10.6. The smallest absolute Gasteiger partial charge is 0.134 e. The number of halogens is 1. The normalized spacial score (nSPS) is 12.6. The summed E-state index contributed by atoms with van der Waals surface area (Å²) in [7, 11) is 0. The number of aliphatic hydroxyl groups excluding tert-OH is 1. The number of hydrogen-bond acceptors (Lipinski definition) is 3. The minimum absolute atomic E-state index is 0.215. The van der Waals surface area contributed by atoms with Crippen LogP contribution in [0.5, 0.6) is 5.75 Å². The number of aliphatic hydroxyl groups is 1. The molecule has 0 aliphatic heterocycles. The predicted molar refractivity (Wildman–Crippen MR) is 112 cm³/mol. The van der Waals surface area contributed by atoms with Crippen LogP contribution in [0, 0.1) is 0 Å². The van der Waals surface area contributed by atoms with Gasteiger partial charge in [-0.3, -0.25) is 0 Å². The molecule has 1 atom stereocenters. The van der Waals surface area contributed by atoms with Gasteiger partial charge < -0.3 is 14.4 Å². The summed E-state index contributed by atoms with van der Waals surface area (Å²) in [6.07, 6.45) is 0.185. The van der Waals surface area contributed by atoms with E-state index in [-0.39, 0.29) is 6.61 Å². The molecule has 1 N–H and O–H groups in total. The zero-order valence-corrected chi connectivity index (χ0v) is 16.7. The SMILES string of the molecule is CCc1nc2ccccc2n1C[C@@H](O)COc1ccc2ccccc2c1Br. The molecule has 0 aliphatic carbocycles. The summed E-state index contributed by atoms with van der Waals surface area (Å²) < 4.78 is 8.90. The van der Waals surface area contributed by atoms with Crippen LogP contribution in [-0.2, 0) is 13.0 Å². The molecule has 138 valence electrons. The highest BCUT2D eigenvalue weighted by atomic mass is 79.9. The molecule has 3 aromatic carbocycles. The average Bonchev–Trinajstić information content (AvgIpc) is 3.05. The van der Waals surface area contributed by atoms with Gasteiger partial charge in [0.05, 0.1) is 22.1 Å². The van der Waals surface area contributed by atoms with Gasteiger partial charge in [-0.1, -0.05) is 49.4 Å². The molecule has 0 saturated heterocycles. The van der Waals surface area contributed by atoms with Crippen LogP contribution in [0.4, 0.5) is 0 Å². The monoisotopic (exact) mass is 424 g/mol. The molecule has 4 aromatic rings. The van der Waals surface area contributed by atoms with E-state index in [0.29, 0.717) is 6.54 Å². The van der Waals surface area contributed by atoms with Crippen molar-refractivity contribution in [3.63, 3.8) is 0 Å². The third-order valence-electron chi connectivity index (χ3n) is 4.70. The number of aryl methyl sites for hydroxylation is 1. The maximum absolute atomic E-state index is 10.6. The van der Waals surface area contributed by atoms with Crippen LogP contribution in [0.1, 0.15) is 12.7 Å². The van der Waals surface area contributed by atoms with Gasteiger partial charge in [-0.2, -0.15) is 0 Å². The molecule has 0 unspecified atom stereocenters. The van der Waals surface area contributed by atoms with Gasteiger partial charge in [-0.15, -0.1) is 0 Å². The van der Waals surface area contributed by atoms with E-state index in [1.54, 1.807) is 0 Å². The van der Waals surface area contributed by atoms with Crippen molar-refractivity contribution in [2.24, 2.45) is 0 Å². The standard InChI is InChI=1S/C22H21BrN2O2/c1-2-21-24-18-9-5-6-10-19(18)25(21)13-16(26)14-27-20-12-11-15-7-3-4-8-17(15)22(20)23/h3-12,16,26H,2,13-14H2,1H3/t16-/m1/s1. The van der Waals surface area contributed by atoms with Crippen LogP contribution in [0.25, 0.3) is 21.8 Å². The van der Waals surface area contributed by atoms with Gasteiger partial charge in [0.2, 0.25) is 0 Å². The minimum atomic E-state index is -0.633. The largest absolute Gasteiger partial charge is 0.490 e. The first kappa shape index (κ1) is 18.0. The summed E-state index contributed by atoms with van der Waals surface area (Å²) in [5.41, 5.74) is 2.00. The van der Waals surface area contributed by atoms with Crippen LogP contribution >= 0.6 is 15.9 Å². The zero-order valence-electron chi connectivity index (χ0n) is 15.1. The molecule has 4 nitrogen and oxygen atoms in total. The molecular formula is C22H21BrN2O2. The second-order valence-electron chi connectivity index (χ2n) is 6.54. The molecule has 0 saturated carbocycles. The first-order valence-electron chi connectivity index (χ1n) is 9.09. The van der Waals surface area contributed by atoms with Crippen molar-refractivity contribution >= 4 is 37.7 Å². The lowest BCUT2D eigenvalue weighted by molar-refractivity contribution is 0.0925. The Hall–Kier alpha value is -2.37. The van der Waals surface area contributed by atoms with Crippen molar-refractivity contribution in [2.75, 3.05) is 6.61 Å². The molecule has 1 heterocycles. The molecule has 0 aliphatic rings. The number of benzene rings is 3. The van der Waals surface area contributed by atoms with Gasteiger partial charge in [-0.05, 0) is 44.9 Å². The lowest BCUT2D eigenvalue weighted by atomic mass is 10.1. The molecule has 27 heavy (non-hydrogen) atoms. The van der Waals surface area contributed by atoms with Crippen molar-refractivity contribution in [3.05, 3.63) is 71.0 Å². The van der Waals surface area contributed by atoms with E-state index in [2.05, 4.69) is 38.5 Å². The topological polar surface area (TPSA) is 47.3 Å². The molecule has 0 spiro atoms. The van der Waals surface area contributed by atoms with Crippen LogP contribution in [0.15, 0.2) is 65.1 Å². The van der Waals surface area contributed by atoms with Crippen LogP contribution in [-0.4, -0.2) is 27.4 Å². The summed E-state index contributed by atoms with van der Waals surface area (Å²) >= 11 is 3.63. The third kappa shape index (κ3) is 3.57. The number of hydrogen-bond donors (Lipinski definition) is 1. The Balaban J connectivity index is 1.51. The molecule has 0 amide bonds. The van der Waals surface area contributed by atoms with Gasteiger partial charge in [0.1, 0.15) is 24.3 Å². The van der Waals surface area contributed by atoms with E-state index in [1.807, 2.05) is 54.6 Å². The molecular weight excluding hydrogens is 404 g/mol. The Morgan fingerprint density at radius 3 is 2.70 bits per heavy atom. The second kappa shape index (κ2) is 7.71. The fraction of sp³-hybridized carbons (Fsp3) is 0.227. The summed E-state index contributed by atoms with van der Waals surface area (Å²) in [5.74, 6) is 1.71. The number of aromatic nitrogens is 2. The first-order valence-corrected chi connectivity index (χ1v) is 9.89. The summed E-state index contributed by atoms with van der Waals surface area (Å²) in [6.45, 7) is 2.74. The number of fused-ring (bicyclic) bond motifs is 2. The van der Waals surface area contributed by atoms with Gasteiger partial charge >= 0.3 is 0 Å². The molecule has 4 rings (SSSR count). The molecule has 1 aromatic heterocycles. The third-order valence-corrected chi connectivity index (χ3v) is 5.52. The molecule has 0 radical (unpaired) electrons. The van der Waals surface area contributed by atoms with Crippen LogP contribution < -0.4 is 4.74 Å². The fourth-order valence-electron chi connectivity index (χ4n) is 3.37. The number of para-hydroxylation sites is 2. The van der Waals surface area contributed by atoms with E-state index in [4.69, 9.17) is 4.74 Å². The van der Waals surface area contributed by atoms with Crippen LogP contribution in [0.2, 0.25) is 0 Å². The highest BCUT2D eigenvalue weighted by Crippen LogP contribution is 2.33. The van der Waals surface area contributed by atoms with Gasteiger partial charge in [0, 0.05) is 6.42 Å². The van der Waals surface area contributed by atoms with Crippen molar-refractivity contribution in [3.8, 4) is 5.75 Å². The summed E-state index contributed by atoms with van der Waals surface area (Å²) in [5, 5.41) is 12.8. The average molecular weight is 425 g/mol. The quantitative estimate of drug-likeness (QED) is 0.475. The van der Waals surface area contributed by atoms with Gasteiger partial charge in [-0.25, -0.2) is 4.98 Å². The van der Waals surface area contributed by atoms with Gasteiger partial charge in [0.15, 0.2) is 0 Å². The van der Waals surface area contributed by atoms with Crippen molar-refractivity contribution in [2.45, 2.75) is 26.0 Å². The zero-order chi connectivity index (χ0) is 18.8. The molecule has 0 bridgehead atoms. The van der Waals surface area contributed by atoms with Crippen molar-refractivity contribution in [1.82, 2.24) is 9.55 Å². The van der Waals surface area contributed by atoms with E-state index < -0.39 is 6.10 Å². The Morgan fingerprint density at radius 2 is 1.85 bits per heavy atom. The lowest BCUT2D eigenvalue weighted by Crippen LogP contribution is -2.24. The second-order valence-corrected chi connectivity index (χ2v) is 7.34. The van der Waals surface area contributed by atoms with E-state index in [9.17, 15) is 5.11 Å². The number of imidazole rings is 1. The first-order chi connectivity index (χ1) is 13.2. The van der Waals surface area contributed by atoms with E-state index >= 15 is 0 Å². The van der Waals surface area contributed by atoms with Crippen molar-refractivity contribution < 1.29 is 9.84 Å². The Labute approximate surface area is 166 Å². The highest BCUT2D eigenvalue weighted by Gasteiger charge is 2.14. The Kier molecular flexibility index (Phi) is 5.14. The highest BCUT2D eigenvalue weighted by molar-refractivity contribution is 9.10. The van der Waals surface area contributed by atoms with Crippen molar-refractivity contribution in [1.29, 1.82) is 0 Å². The predicted octanol–water partition coefficient (Wildman–Crippen LogP) is 4.95. The number of nitrogens with zero attached hydrogens (tertiary/aromatic N) is 2. The number of ether oxygens (including phenoxy) is 1. The van der Waals surface area contributed by atoms with Crippen LogP contribution in [0.3, 0.4) is 0 Å².